The van der Waals surface area contributed by atoms with Crippen LogP contribution in [0.4, 0.5) is 0 Å². The number of allylic oxidation sites excluding steroid dienone is 1. The van der Waals surface area contributed by atoms with Crippen LogP contribution in [-0.2, 0) is 9.59 Å². The zero-order valence-corrected chi connectivity index (χ0v) is 14.9. The summed E-state index contributed by atoms with van der Waals surface area (Å²) in [7, 11) is 0. The highest BCUT2D eigenvalue weighted by atomic mass is 16.1. The van der Waals surface area contributed by atoms with Gasteiger partial charge < -0.3 is 0 Å². The Kier molecular flexibility index (Phi) is 3.57. The molecule has 0 aromatic rings. The lowest BCUT2D eigenvalue weighted by Gasteiger charge is -2.58. The first-order valence-corrected chi connectivity index (χ1v) is 9.64. The molecule has 4 aliphatic carbocycles. The van der Waals surface area contributed by atoms with E-state index in [4.69, 9.17) is 6.42 Å². The van der Waals surface area contributed by atoms with E-state index in [2.05, 4.69) is 19.8 Å². The van der Waals surface area contributed by atoms with Crippen molar-refractivity contribution in [3.63, 3.8) is 0 Å². The maximum Gasteiger partial charge on any atom is 0.208 e. The molecule has 2 heteroatoms. The molecule has 3 fully saturated rings. The average molecular weight is 324 g/mol. The topological polar surface area (TPSA) is 34.1 Å². The van der Waals surface area contributed by atoms with E-state index in [-0.39, 0.29) is 22.5 Å². The van der Waals surface area contributed by atoms with Gasteiger partial charge in [-0.1, -0.05) is 19.4 Å². The second-order valence-corrected chi connectivity index (χ2v) is 9.15. The molecule has 0 radical (unpaired) electrons. The van der Waals surface area contributed by atoms with E-state index in [1.165, 1.54) is 18.4 Å². The van der Waals surface area contributed by atoms with Gasteiger partial charge in [-0.05, 0) is 85.5 Å². The molecule has 6 atom stereocenters. The van der Waals surface area contributed by atoms with Crippen molar-refractivity contribution in [3.05, 3.63) is 11.6 Å². The summed E-state index contributed by atoms with van der Waals surface area (Å²) in [5, 5.41) is 0. The molecule has 0 spiro atoms. The van der Waals surface area contributed by atoms with E-state index in [9.17, 15) is 9.59 Å². The molecule has 0 heterocycles. The number of terminal acetylenes is 1. The van der Waals surface area contributed by atoms with Gasteiger partial charge in [0.05, 0.1) is 0 Å². The number of carbonyl (C=O) groups is 2. The summed E-state index contributed by atoms with van der Waals surface area (Å²) in [5.74, 6) is 4.86. The van der Waals surface area contributed by atoms with E-state index in [0.717, 1.165) is 32.1 Å². The van der Waals surface area contributed by atoms with Gasteiger partial charge in [0.1, 0.15) is 0 Å². The lowest BCUT2D eigenvalue weighted by atomic mass is 9.46. The van der Waals surface area contributed by atoms with Gasteiger partial charge >= 0.3 is 0 Å². The molecule has 0 aromatic heterocycles. The number of ketones is 2. The zero-order valence-electron chi connectivity index (χ0n) is 14.9. The van der Waals surface area contributed by atoms with Crippen LogP contribution < -0.4 is 0 Å². The smallest absolute Gasteiger partial charge is 0.208 e. The molecule has 3 saturated carbocycles. The molecule has 0 amide bonds. The molecule has 2 nitrogen and oxygen atoms in total. The SMILES string of the molecule is C#CC(=O)[C@H]1CC[C@H]2[C@@H]3CCC4=CC(=O)CC[C@]4(C)[C@H]3CC[C@]12C. The van der Waals surface area contributed by atoms with Crippen molar-refractivity contribution in [2.75, 3.05) is 0 Å². The van der Waals surface area contributed by atoms with Gasteiger partial charge in [0.25, 0.3) is 0 Å². The molecule has 4 rings (SSSR count). The summed E-state index contributed by atoms with van der Waals surface area (Å²) in [6.07, 6.45) is 15.9. The standard InChI is InChI=1S/C22H28O2/c1-4-20(24)19-8-7-17-16-6-5-14-13-15(23)9-11-21(14,2)18(16)10-12-22(17,19)3/h1,13,16-19H,5-12H2,2-3H3/t16-,17-,18-,19+,21-,22-/m0/s1. The summed E-state index contributed by atoms with van der Waals surface area (Å²) in [4.78, 5) is 24.2. The number of hydrogen-bond acceptors (Lipinski definition) is 2. The summed E-state index contributed by atoms with van der Waals surface area (Å²) in [5.41, 5.74) is 1.73. The van der Waals surface area contributed by atoms with Crippen LogP contribution in [0.25, 0.3) is 0 Å². The number of hydrogen-bond donors (Lipinski definition) is 0. The van der Waals surface area contributed by atoms with Gasteiger partial charge in [-0.25, -0.2) is 0 Å². The molecule has 4 aliphatic rings. The molecular weight excluding hydrogens is 296 g/mol. The Morgan fingerprint density at radius 3 is 2.67 bits per heavy atom. The zero-order chi connectivity index (χ0) is 17.1. The Morgan fingerprint density at radius 1 is 1.12 bits per heavy atom. The normalized spacial score (nSPS) is 47.0. The predicted octanol–water partition coefficient (Wildman–Crippen LogP) is 4.34. The van der Waals surface area contributed by atoms with Gasteiger partial charge in [0.15, 0.2) is 5.78 Å². The highest BCUT2D eigenvalue weighted by Gasteiger charge is 2.59. The third kappa shape index (κ3) is 2.03. The van der Waals surface area contributed by atoms with Crippen molar-refractivity contribution < 1.29 is 9.59 Å². The second-order valence-electron chi connectivity index (χ2n) is 9.15. The first-order chi connectivity index (χ1) is 11.4. The van der Waals surface area contributed by atoms with Crippen molar-refractivity contribution in [2.24, 2.45) is 34.5 Å². The maximum atomic E-state index is 12.3. The quantitative estimate of drug-likeness (QED) is 0.531. The average Bonchev–Trinajstić information content (AvgIpc) is 2.92. The van der Waals surface area contributed by atoms with Crippen molar-refractivity contribution in [1.82, 2.24) is 0 Å². The first kappa shape index (κ1) is 16.1. The summed E-state index contributed by atoms with van der Waals surface area (Å²) in [6.45, 7) is 4.74. The fourth-order valence-corrected chi connectivity index (χ4v) is 7.09. The van der Waals surface area contributed by atoms with Crippen LogP contribution >= 0.6 is 0 Å². The summed E-state index contributed by atoms with van der Waals surface area (Å²) in [6, 6.07) is 0. The largest absolute Gasteiger partial charge is 0.295 e. The molecule has 0 N–H and O–H groups in total. The van der Waals surface area contributed by atoms with Crippen molar-refractivity contribution in [1.29, 1.82) is 0 Å². The summed E-state index contributed by atoms with van der Waals surface area (Å²) < 4.78 is 0. The molecule has 0 unspecified atom stereocenters. The number of Topliss-reactive ketones (excluding diaryl/α,β-unsaturated/α-hetero) is 1. The Balaban J connectivity index is 1.66. The van der Waals surface area contributed by atoms with Crippen molar-refractivity contribution in [2.45, 2.75) is 65.2 Å². The minimum absolute atomic E-state index is 0.0318. The third-order valence-electron chi connectivity index (χ3n) is 8.42. The predicted molar refractivity (Wildman–Crippen MR) is 94.0 cm³/mol. The molecular formula is C22H28O2. The number of rotatable bonds is 1. The van der Waals surface area contributed by atoms with Crippen LogP contribution in [0, 0.1) is 46.8 Å². The molecule has 128 valence electrons. The van der Waals surface area contributed by atoms with Gasteiger partial charge in [0.2, 0.25) is 5.78 Å². The van der Waals surface area contributed by atoms with Crippen molar-refractivity contribution >= 4 is 11.6 Å². The lowest BCUT2D eigenvalue weighted by Crippen LogP contribution is -2.51. The highest BCUT2D eigenvalue weighted by molar-refractivity contribution is 5.97. The molecule has 0 bridgehead atoms. The fraction of sp³-hybridized carbons (Fsp3) is 0.727. The lowest BCUT2D eigenvalue weighted by molar-refractivity contribution is -0.125. The second kappa shape index (κ2) is 5.32. The van der Waals surface area contributed by atoms with Gasteiger partial charge in [-0.3, -0.25) is 9.59 Å². The number of fused-ring (bicyclic) bond motifs is 5. The summed E-state index contributed by atoms with van der Waals surface area (Å²) >= 11 is 0. The van der Waals surface area contributed by atoms with E-state index in [1.807, 2.05) is 6.08 Å². The number of carbonyl (C=O) groups excluding carboxylic acids is 2. The first-order valence-electron chi connectivity index (χ1n) is 9.64. The highest BCUT2D eigenvalue weighted by Crippen LogP contribution is 2.66. The molecule has 0 aromatic carbocycles. The maximum absolute atomic E-state index is 12.3. The molecule has 24 heavy (non-hydrogen) atoms. The molecule has 0 saturated heterocycles. The van der Waals surface area contributed by atoms with Crippen molar-refractivity contribution in [3.8, 4) is 12.3 Å². The van der Waals surface area contributed by atoms with Crippen LogP contribution in [0.5, 0.6) is 0 Å². The van der Waals surface area contributed by atoms with Gasteiger partial charge in [-0.2, -0.15) is 0 Å². The van der Waals surface area contributed by atoms with Gasteiger partial charge in [0, 0.05) is 12.3 Å². The Morgan fingerprint density at radius 2 is 1.92 bits per heavy atom. The minimum atomic E-state index is 0.0318. The Hall–Kier alpha value is -1.36. The monoisotopic (exact) mass is 324 g/mol. The minimum Gasteiger partial charge on any atom is -0.295 e. The van der Waals surface area contributed by atoms with E-state index in [0.29, 0.717) is 30.0 Å². The van der Waals surface area contributed by atoms with Crippen LogP contribution in [0.3, 0.4) is 0 Å². The van der Waals surface area contributed by atoms with Crippen LogP contribution in [0.2, 0.25) is 0 Å². The Bertz CT molecular complexity index is 666. The van der Waals surface area contributed by atoms with E-state index in [1.54, 1.807) is 0 Å². The fourth-order valence-electron chi connectivity index (χ4n) is 7.09. The van der Waals surface area contributed by atoms with E-state index < -0.39 is 0 Å². The van der Waals surface area contributed by atoms with Crippen LogP contribution in [-0.4, -0.2) is 11.6 Å². The van der Waals surface area contributed by atoms with E-state index >= 15 is 0 Å². The van der Waals surface area contributed by atoms with Gasteiger partial charge in [-0.15, -0.1) is 6.42 Å². The molecule has 0 aliphatic heterocycles. The third-order valence-corrected chi connectivity index (χ3v) is 8.42. The Labute approximate surface area is 145 Å². The van der Waals surface area contributed by atoms with Crippen LogP contribution in [0.15, 0.2) is 11.6 Å². The van der Waals surface area contributed by atoms with Crippen LogP contribution in [0.1, 0.15) is 65.2 Å².